The zero-order chi connectivity index (χ0) is 11.7. The number of rotatable bonds is 1. The van der Waals surface area contributed by atoms with Gasteiger partial charge in [0.15, 0.2) is 0 Å². The van der Waals surface area contributed by atoms with Crippen molar-refractivity contribution in [3.8, 4) is 0 Å². The van der Waals surface area contributed by atoms with Crippen LogP contribution in [-0.2, 0) is 0 Å². The lowest BCUT2D eigenvalue weighted by Crippen LogP contribution is -2.05. The molecule has 0 aromatic heterocycles. The second-order valence-corrected chi connectivity index (χ2v) is 4.44. The number of nitrogens with two attached hydrogens (primary N) is 2. The maximum atomic E-state index is 6.19. The van der Waals surface area contributed by atoms with Crippen LogP contribution in [0.4, 0.5) is 11.4 Å². The van der Waals surface area contributed by atoms with E-state index in [0.717, 1.165) is 16.0 Å². The first-order valence-corrected chi connectivity index (χ1v) is 5.63. The summed E-state index contributed by atoms with van der Waals surface area (Å²) < 4.78 is 0. The molecule has 0 unspecified atom stereocenters. The second kappa shape index (κ2) is 4.28. The van der Waals surface area contributed by atoms with Crippen molar-refractivity contribution in [2.45, 2.75) is 6.42 Å². The summed E-state index contributed by atoms with van der Waals surface area (Å²) in [5.74, 6) is 0. The fourth-order valence-corrected chi connectivity index (χ4v) is 2.13. The third kappa shape index (κ3) is 1.84. The van der Waals surface area contributed by atoms with Crippen molar-refractivity contribution in [3.63, 3.8) is 0 Å². The molecule has 2 nitrogen and oxygen atoms in total. The van der Waals surface area contributed by atoms with E-state index >= 15 is 0 Å². The van der Waals surface area contributed by atoms with Crippen LogP contribution in [0.25, 0.3) is 5.57 Å². The van der Waals surface area contributed by atoms with E-state index in [1.54, 1.807) is 12.1 Å². The molecule has 0 saturated heterocycles. The summed E-state index contributed by atoms with van der Waals surface area (Å²) in [6, 6.07) is 5.41. The van der Waals surface area contributed by atoms with Crippen molar-refractivity contribution < 1.29 is 0 Å². The van der Waals surface area contributed by atoms with Gasteiger partial charge in [-0.15, -0.1) is 0 Å². The number of nitrogen functional groups attached to an aromatic ring is 2. The number of anilines is 2. The first-order chi connectivity index (χ1) is 7.61. The average Bonchev–Trinajstić information content (AvgIpc) is 2.24. The maximum absolute atomic E-state index is 6.19. The van der Waals surface area contributed by atoms with E-state index in [2.05, 4.69) is 0 Å². The largest absolute Gasteiger partial charge is 0.398 e. The first kappa shape index (κ1) is 11.2. The summed E-state index contributed by atoms with van der Waals surface area (Å²) >= 11 is 11.4. The van der Waals surface area contributed by atoms with E-state index in [9.17, 15) is 0 Å². The van der Waals surface area contributed by atoms with Gasteiger partial charge >= 0.3 is 0 Å². The summed E-state index contributed by atoms with van der Waals surface area (Å²) in [6.45, 7) is 0. The molecule has 1 aromatic rings. The molecule has 1 aliphatic rings. The van der Waals surface area contributed by atoms with Gasteiger partial charge in [-0.25, -0.2) is 0 Å². The van der Waals surface area contributed by atoms with E-state index in [4.69, 9.17) is 35.3 Å². The van der Waals surface area contributed by atoms with Gasteiger partial charge in [-0.2, -0.15) is 0 Å². The minimum Gasteiger partial charge on any atom is -0.398 e. The van der Waals surface area contributed by atoms with Crippen molar-refractivity contribution in [1.82, 2.24) is 0 Å². The number of hydrogen-bond acceptors (Lipinski definition) is 3. The van der Waals surface area contributed by atoms with Crippen molar-refractivity contribution in [2.75, 3.05) is 11.5 Å². The molecule has 1 aliphatic carbocycles. The van der Waals surface area contributed by atoms with E-state index in [1.807, 2.05) is 18.2 Å². The third-order valence-corrected chi connectivity index (χ3v) is 3.38. The van der Waals surface area contributed by atoms with Crippen LogP contribution in [0.5, 0.6) is 0 Å². The Hall–Kier alpha value is -1.32. The Morgan fingerprint density at radius 3 is 2.44 bits per heavy atom. The lowest BCUT2D eigenvalue weighted by atomic mass is 9.96. The number of hydrogen-bond donors (Lipinski definition) is 2. The summed E-state index contributed by atoms with van der Waals surface area (Å²) in [6.07, 6.45) is 4.58. The molecular formula is C12H11ClN2S. The van der Waals surface area contributed by atoms with Gasteiger partial charge in [0.2, 0.25) is 0 Å². The molecule has 0 radical (unpaired) electrons. The molecule has 82 valence electrons. The molecule has 0 saturated carbocycles. The highest BCUT2D eigenvalue weighted by atomic mass is 35.5. The molecule has 0 spiro atoms. The Balaban J connectivity index is 2.65. The van der Waals surface area contributed by atoms with Gasteiger partial charge in [0.1, 0.15) is 0 Å². The fraction of sp³-hybridized carbons (Fsp3) is 0.0833. The second-order valence-electron chi connectivity index (χ2n) is 3.57. The fourth-order valence-electron chi connectivity index (χ4n) is 1.69. The predicted octanol–water partition coefficient (Wildman–Crippen LogP) is 3.13. The topological polar surface area (TPSA) is 52.0 Å². The highest BCUT2D eigenvalue weighted by Crippen LogP contribution is 2.35. The molecule has 0 bridgehead atoms. The molecular weight excluding hydrogens is 240 g/mol. The van der Waals surface area contributed by atoms with Crippen LogP contribution in [0.15, 0.2) is 35.4 Å². The van der Waals surface area contributed by atoms with Crippen molar-refractivity contribution in [2.24, 2.45) is 0 Å². The maximum Gasteiger partial charge on any atom is 0.0628 e. The van der Waals surface area contributed by atoms with Crippen molar-refractivity contribution in [1.29, 1.82) is 0 Å². The molecule has 2 rings (SSSR count). The Bertz CT molecular complexity index is 498. The van der Waals surface area contributed by atoms with Gasteiger partial charge in [-0.05, 0) is 12.1 Å². The number of thiocarbonyl (C=S) groups is 1. The van der Waals surface area contributed by atoms with E-state index < -0.39 is 0 Å². The highest BCUT2D eigenvalue weighted by molar-refractivity contribution is 7.81. The SMILES string of the molecule is Nc1cccc(N)c1C1=C(Cl)C(=S)CC=C1. The quantitative estimate of drug-likeness (QED) is 0.595. The van der Waals surface area contributed by atoms with Gasteiger partial charge in [0.25, 0.3) is 0 Å². The summed E-state index contributed by atoms with van der Waals surface area (Å²) in [5, 5.41) is 0.571. The summed E-state index contributed by atoms with van der Waals surface area (Å²) in [5.41, 5.74) is 14.6. The van der Waals surface area contributed by atoms with Gasteiger partial charge in [0.05, 0.1) is 5.03 Å². The third-order valence-electron chi connectivity index (χ3n) is 2.47. The Morgan fingerprint density at radius 2 is 1.81 bits per heavy atom. The smallest absolute Gasteiger partial charge is 0.0628 e. The average molecular weight is 251 g/mol. The minimum absolute atomic E-state index is 0.571. The van der Waals surface area contributed by atoms with Gasteiger partial charge < -0.3 is 11.5 Å². The van der Waals surface area contributed by atoms with Crippen molar-refractivity contribution >= 4 is 45.6 Å². The Labute approximate surface area is 105 Å². The van der Waals surface area contributed by atoms with Gasteiger partial charge in [-0.3, -0.25) is 0 Å². The zero-order valence-electron chi connectivity index (χ0n) is 8.53. The predicted molar refractivity (Wildman–Crippen MR) is 74.4 cm³/mol. The summed E-state index contributed by atoms with van der Waals surface area (Å²) in [4.78, 5) is 0.724. The van der Waals surface area contributed by atoms with Gasteiger partial charge in [-0.1, -0.05) is 42.0 Å². The van der Waals surface area contributed by atoms with E-state index in [1.165, 1.54) is 0 Å². The lowest BCUT2D eigenvalue weighted by molar-refractivity contribution is 1.48. The molecule has 0 amide bonds. The van der Waals surface area contributed by atoms with Crippen LogP contribution in [0.1, 0.15) is 12.0 Å². The van der Waals surface area contributed by atoms with Crippen LogP contribution >= 0.6 is 23.8 Å². The van der Waals surface area contributed by atoms with Gasteiger partial charge in [0, 0.05) is 33.8 Å². The normalized spacial score (nSPS) is 15.7. The van der Waals surface area contributed by atoms with Crippen LogP contribution < -0.4 is 11.5 Å². The van der Waals surface area contributed by atoms with E-state index in [0.29, 0.717) is 22.8 Å². The monoisotopic (exact) mass is 250 g/mol. The zero-order valence-corrected chi connectivity index (χ0v) is 10.1. The van der Waals surface area contributed by atoms with E-state index in [-0.39, 0.29) is 0 Å². The lowest BCUT2D eigenvalue weighted by Gasteiger charge is -2.15. The Kier molecular flexibility index (Phi) is 2.99. The highest BCUT2D eigenvalue weighted by Gasteiger charge is 2.16. The standard InChI is InChI=1S/C12H11ClN2S/c13-12-7(3-1-6-10(12)16)11-8(14)4-2-5-9(11)15/h1-5H,6,14-15H2. The van der Waals surface area contributed by atoms with Crippen LogP contribution in [0.2, 0.25) is 0 Å². The minimum atomic E-state index is 0.571. The number of benzene rings is 1. The van der Waals surface area contributed by atoms with Crippen molar-refractivity contribution in [3.05, 3.63) is 40.9 Å². The molecule has 16 heavy (non-hydrogen) atoms. The Morgan fingerprint density at radius 1 is 1.19 bits per heavy atom. The molecule has 0 atom stereocenters. The number of halogens is 1. The van der Waals surface area contributed by atoms with Crippen LogP contribution in [0, 0.1) is 0 Å². The molecule has 1 aromatic carbocycles. The molecule has 0 aliphatic heterocycles. The van der Waals surface area contributed by atoms with Crippen LogP contribution in [-0.4, -0.2) is 4.86 Å². The summed E-state index contributed by atoms with van der Waals surface area (Å²) in [7, 11) is 0. The number of allylic oxidation sites excluding steroid dienone is 4. The first-order valence-electron chi connectivity index (χ1n) is 4.85. The molecule has 0 fully saturated rings. The molecule has 0 heterocycles. The molecule has 4 heteroatoms. The van der Waals surface area contributed by atoms with Crippen LogP contribution in [0.3, 0.4) is 0 Å². The molecule has 4 N–H and O–H groups in total.